The number of halogens is 17. The van der Waals surface area contributed by atoms with E-state index in [4.69, 9.17) is 0 Å². The molecule has 2 atom stereocenters. The molecule has 0 aliphatic rings. The predicted molar refractivity (Wildman–Crippen MR) is 100 cm³/mol. The van der Waals surface area contributed by atoms with Crippen LogP contribution in [-0.4, -0.2) is 52.7 Å². The van der Waals surface area contributed by atoms with Gasteiger partial charge in [0.15, 0.2) is 0 Å². The molecule has 18 heteroatoms. The summed E-state index contributed by atoms with van der Waals surface area (Å²) in [5.41, 5.74) is -3.54. The summed E-state index contributed by atoms with van der Waals surface area (Å²) in [6.07, 6.45) is -10.2. The highest BCUT2D eigenvalue weighted by Crippen LogP contribution is 2.64. The summed E-state index contributed by atoms with van der Waals surface area (Å²) in [5, 5.41) is 10.2. The van der Waals surface area contributed by atoms with E-state index in [1.165, 1.54) is 12.1 Å². The maximum atomic E-state index is 14.3. The smallest absolute Gasteiger partial charge is 0.385 e. The monoisotopic (exact) mass is 610 g/mol. The van der Waals surface area contributed by atoms with Crippen molar-refractivity contribution in [3.8, 4) is 0 Å². The van der Waals surface area contributed by atoms with E-state index in [2.05, 4.69) is 0 Å². The summed E-state index contributed by atoms with van der Waals surface area (Å²) < 4.78 is 228. The van der Waals surface area contributed by atoms with Crippen LogP contribution in [0, 0.1) is 0 Å². The number of hydrogen-bond donors (Lipinski definition) is 1. The van der Waals surface area contributed by atoms with Crippen LogP contribution in [0.4, 0.5) is 74.6 Å². The Kier molecular flexibility index (Phi) is 8.82. The molecule has 1 nitrogen and oxygen atoms in total. The van der Waals surface area contributed by atoms with Crippen LogP contribution in [0.25, 0.3) is 0 Å². The average Bonchev–Trinajstić information content (AvgIpc) is 2.76. The fourth-order valence-corrected chi connectivity index (χ4v) is 3.25. The fourth-order valence-electron chi connectivity index (χ4n) is 3.25. The standard InChI is InChI=1S/C21H19F17O/c1-4-10(2)11-5-7-12(8-6-11)13(3,39)9-14(22,23)15(24,25)16(26,27)17(28,29)18(30,31)19(32,33)20(34,35)21(36,37)38/h5-8,10,39H,4,9H2,1-3H3. The summed E-state index contributed by atoms with van der Waals surface area (Å²) in [5.74, 6) is -57.2. The first-order chi connectivity index (χ1) is 16.9. The Bertz CT molecular complexity index is 993. The predicted octanol–water partition coefficient (Wildman–Crippen LogP) is 8.81. The van der Waals surface area contributed by atoms with Crippen LogP contribution < -0.4 is 0 Å². The third-order valence-electron chi connectivity index (χ3n) is 6.07. The average molecular weight is 610 g/mol. The molecule has 0 bridgehead atoms. The lowest BCUT2D eigenvalue weighted by atomic mass is 9.83. The van der Waals surface area contributed by atoms with Gasteiger partial charge in [-0.1, -0.05) is 38.1 Å². The minimum atomic E-state index is -8.68. The van der Waals surface area contributed by atoms with E-state index >= 15 is 0 Å². The van der Waals surface area contributed by atoms with Gasteiger partial charge in [-0.15, -0.1) is 0 Å². The fraction of sp³-hybridized carbons (Fsp3) is 0.714. The van der Waals surface area contributed by atoms with Gasteiger partial charge in [0.25, 0.3) is 0 Å². The molecular weight excluding hydrogens is 591 g/mol. The number of alkyl halides is 17. The van der Waals surface area contributed by atoms with Gasteiger partial charge in [0.1, 0.15) is 0 Å². The van der Waals surface area contributed by atoms with E-state index < -0.39 is 65.2 Å². The van der Waals surface area contributed by atoms with Crippen molar-refractivity contribution >= 4 is 0 Å². The molecule has 0 amide bonds. The first-order valence-corrected chi connectivity index (χ1v) is 10.4. The lowest BCUT2D eigenvalue weighted by Crippen LogP contribution is -2.74. The molecule has 39 heavy (non-hydrogen) atoms. The first kappa shape index (κ1) is 35.0. The summed E-state index contributed by atoms with van der Waals surface area (Å²) in [6.45, 7) is 3.67. The molecule has 1 N–H and O–H groups in total. The van der Waals surface area contributed by atoms with Crippen molar-refractivity contribution in [3.63, 3.8) is 0 Å². The Balaban J connectivity index is 3.56. The molecule has 0 radical (unpaired) electrons. The van der Waals surface area contributed by atoms with Crippen LogP contribution >= 0.6 is 0 Å². The van der Waals surface area contributed by atoms with Gasteiger partial charge in [-0.05, 0) is 30.4 Å². The zero-order valence-corrected chi connectivity index (χ0v) is 19.7. The minimum Gasteiger partial charge on any atom is -0.385 e. The Morgan fingerprint density at radius 3 is 1.26 bits per heavy atom. The lowest BCUT2D eigenvalue weighted by molar-refractivity contribution is -0.462. The van der Waals surface area contributed by atoms with Gasteiger partial charge >= 0.3 is 47.6 Å². The summed E-state index contributed by atoms with van der Waals surface area (Å²) in [4.78, 5) is 0. The molecule has 0 fully saturated rings. The van der Waals surface area contributed by atoms with E-state index in [9.17, 15) is 79.7 Å². The van der Waals surface area contributed by atoms with E-state index in [0.717, 1.165) is 12.1 Å². The molecule has 0 saturated carbocycles. The molecule has 228 valence electrons. The van der Waals surface area contributed by atoms with Gasteiger partial charge in [-0.25, -0.2) is 0 Å². The quantitative estimate of drug-likeness (QED) is 0.249. The molecule has 0 aromatic heterocycles. The molecule has 1 aromatic carbocycles. The Hall–Kier alpha value is -2.01. The van der Waals surface area contributed by atoms with Crippen LogP contribution in [0.5, 0.6) is 0 Å². The van der Waals surface area contributed by atoms with E-state index in [-0.39, 0.29) is 12.8 Å². The van der Waals surface area contributed by atoms with Crippen molar-refractivity contribution in [2.45, 2.75) is 92.8 Å². The molecule has 0 saturated heterocycles. The molecule has 0 aliphatic heterocycles. The molecule has 2 unspecified atom stereocenters. The van der Waals surface area contributed by atoms with E-state index in [1.54, 1.807) is 13.8 Å². The number of rotatable bonds is 11. The normalized spacial score (nSPS) is 17.7. The van der Waals surface area contributed by atoms with Crippen molar-refractivity contribution in [2.24, 2.45) is 0 Å². The van der Waals surface area contributed by atoms with Gasteiger partial charge in [0.2, 0.25) is 0 Å². The highest BCUT2D eigenvalue weighted by molar-refractivity contribution is 5.29. The van der Waals surface area contributed by atoms with Crippen molar-refractivity contribution in [1.82, 2.24) is 0 Å². The summed E-state index contributed by atoms with van der Waals surface area (Å²) in [7, 11) is 0. The van der Waals surface area contributed by atoms with Gasteiger partial charge in [-0.2, -0.15) is 74.6 Å². The Labute approximate surface area is 209 Å². The van der Waals surface area contributed by atoms with Crippen LogP contribution in [0.1, 0.15) is 50.7 Å². The van der Waals surface area contributed by atoms with Crippen LogP contribution in [0.2, 0.25) is 0 Å². The van der Waals surface area contributed by atoms with E-state index in [1.807, 2.05) is 0 Å². The van der Waals surface area contributed by atoms with Crippen LogP contribution in [-0.2, 0) is 5.60 Å². The zero-order chi connectivity index (χ0) is 31.5. The molecule has 1 aromatic rings. The van der Waals surface area contributed by atoms with E-state index in [0.29, 0.717) is 12.0 Å². The maximum Gasteiger partial charge on any atom is 0.460 e. The molecule has 1 rings (SSSR count). The number of aliphatic hydroxyl groups is 1. The maximum absolute atomic E-state index is 14.3. The van der Waals surface area contributed by atoms with Gasteiger partial charge in [0, 0.05) is 0 Å². The molecule has 0 spiro atoms. The second-order valence-electron chi connectivity index (χ2n) is 9.03. The number of hydrogen-bond acceptors (Lipinski definition) is 1. The first-order valence-electron chi connectivity index (χ1n) is 10.4. The molecular formula is C21H19F17O. The van der Waals surface area contributed by atoms with Crippen molar-refractivity contribution < 1.29 is 79.7 Å². The van der Waals surface area contributed by atoms with Crippen LogP contribution in [0.3, 0.4) is 0 Å². The van der Waals surface area contributed by atoms with Gasteiger partial charge in [-0.3, -0.25) is 0 Å². The third-order valence-corrected chi connectivity index (χ3v) is 6.07. The van der Waals surface area contributed by atoms with Crippen molar-refractivity contribution in [1.29, 1.82) is 0 Å². The second-order valence-corrected chi connectivity index (χ2v) is 9.03. The topological polar surface area (TPSA) is 20.2 Å². The largest absolute Gasteiger partial charge is 0.460 e. The summed E-state index contributed by atoms with van der Waals surface area (Å²) >= 11 is 0. The molecule has 0 heterocycles. The highest BCUT2D eigenvalue weighted by atomic mass is 19.4. The van der Waals surface area contributed by atoms with Crippen molar-refractivity contribution in [2.75, 3.05) is 0 Å². The Morgan fingerprint density at radius 1 is 0.590 bits per heavy atom. The SMILES string of the molecule is CCC(C)c1ccc(C(C)(O)CC(F)(F)C(F)(F)C(F)(F)C(F)(F)C(F)(F)C(F)(F)C(F)(F)C(F)(F)F)cc1. The number of benzene rings is 1. The minimum absolute atomic E-state index is 0.166. The van der Waals surface area contributed by atoms with Gasteiger partial charge < -0.3 is 5.11 Å². The Morgan fingerprint density at radius 2 is 0.923 bits per heavy atom. The molecule has 0 aliphatic carbocycles. The van der Waals surface area contributed by atoms with Gasteiger partial charge in [0.05, 0.1) is 12.0 Å². The third kappa shape index (κ3) is 5.25. The summed E-state index contributed by atoms with van der Waals surface area (Å²) in [6, 6.07) is 3.99. The zero-order valence-electron chi connectivity index (χ0n) is 19.7. The van der Waals surface area contributed by atoms with Crippen LogP contribution in [0.15, 0.2) is 24.3 Å². The highest BCUT2D eigenvalue weighted by Gasteiger charge is 2.95. The lowest BCUT2D eigenvalue weighted by Gasteiger charge is -2.43. The van der Waals surface area contributed by atoms with Crippen molar-refractivity contribution in [3.05, 3.63) is 35.4 Å². The second kappa shape index (κ2) is 9.82.